The van der Waals surface area contributed by atoms with Gasteiger partial charge < -0.3 is 9.88 Å². The molecule has 1 aromatic heterocycles. The molecule has 0 unspecified atom stereocenters. The van der Waals surface area contributed by atoms with E-state index in [0.29, 0.717) is 11.9 Å². The number of H-pyrrole nitrogens is 1. The van der Waals surface area contributed by atoms with Crippen LogP contribution in [0, 0.1) is 6.92 Å². The molecular weight excluding hydrogens is 344 g/mol. The first-order valence-electron chi connectivity index (χ1n) is 9.62. The van der Waals surface area contributed by atoms with Crippen molar-refractivity contribution in [3.63, 3.8) is 0 Å². The zero-order chi connectivity index (χ0) is 18.5. The van der Waals surface area contributed by atoms with Crippen LogP contribution in [-0.4, -0.2) is 39.9 Å². The zero-order valence-corrected chi connectivity index (χ0v) is 16.5. The normalized spacial score (nSPS) is 15.3. The van der Waals surface area contributed by atoms with Crippen molar-refractivity contribution in [2.24, 2.45) is 0 Å². The first-order valence-corrected chi connectivity index (χ1v) is 10.8. The van der Waals surface area contributed by atoms with Crippen molar-refractivity contribution in [3.8, 4) is 0 Å². The first kappa shape index (κ1) is 19.0. The van der Waals surface area contributed by atoms with Gasteiger partial charge in [0.1, 0.15) is 5.56 Å². The van der Waals surface area contributed by atoms with E-state index in [2.05, 4.69) is 11.9 Å². The lowest BCUT2D eigenvalue weighted by Gasteiger charge is -2.34. The largest absolute Gasteiger partial charge is 0.360 e. The molecule has 1 amide bonds. The van der Waals surface area contributed by atoms with Gasteiger partial charge in [-0.2, -0.15) is 11.8 Å². The predicted octanol–water partition coefficient (Wildman–Crippen LogP) is 4.36. The van der Waals surface area contributed by atoms with Crippen LogP contribution in [0.4, 0.5) is 0 Å². The molecule has 1 fully saturated rings. The predicted molar refractivity (Wildman–Crippen MR) is 110 cm³/mol. The molecule has 4 nitrogen and oxygen atoms in total. The fraction of sp³-hybridized carbons (Fsp3) is 0.524. The number of pyridine rings is 1. The molecule has 0 radical (unpaired) electrons. The minimum absolute atomic E-state index is 0.113. The van der Waals surface area contributed by atoms with E-state index in [1.54, 1.807) is 6.20 Å². The molecule has 0 bridgehead atoms. The molecule has 5 heteroatoms. The minimum Gasteiger partial charge on any atom is -0.360 e. The lowest BCUT2D eigenvalue weighted by Crippen LogP contribution is -2.44. The molecule has 140 valence electrons. The third-order valence-corrected chi connectivity index (χ3v) is 6.10. The van der Waals surface area contributed by atoms with E-state index in [1.165, 1.54) is 19.3 Å². The average molecular weight is 373 g/mol. The van der Waals surface area contributed by atoms with Crippen LogP contribution in [0.15, 0.2) is 29.2 Å². The van der Waals surface area contributed by atoms with Gasteiger partial charge in [-0.25, -0.2) is 0 Å². The Bertz CT molecular complexity index is 824. The molecular formula is C21H28N2O2S. The number of hydrogen-bond acceptors (Lipinski definition) is 3. The number of thioether (sulfide) groups is 1. The second-order valence-electron chi connectivity index (χ2n) is 7.07. The maximum absolute atomic E-state index is 13.3. The summed E-state index contributed by atoms with van der Waals surface area (Å²) in [5.74, 6) is 1.85. The van der Waals surface area contributed by atoms with E-state index in [9.17, 15) is 9.59 Å². The van der Waals surface area contributed by atoms with Crippen molar-refractivity contribution in [2.45, 2.75) is 52.0 Å². The highest BCUT2D eigenvalue weighted by Gasteiger charge is 2.27. The van der Waals surface area contributed by atoms with Crippen molar-refractivity contribution in [2.75, 3.05) is 18.1 Å². The highest BCUT2D eigenvalue weighted by Crippen LogP contribution is 2.24. The van der Waals surface area contributed by atoms with Crippen LogP contribution in [-0.2, 0) is 0 Å². The van der Waals surface area contributed by atoms with Gasteiger partial charge in [0.05, 0.1) is 0 Å². The maximum atomic E-state index is 13.3. The lowest BCUT2D eigenvalue weighted by molar-refractivity contribution is 0.0649. The Morgan fingerprint density at radius 1 is 1.27 bits per heavy atom. The second-order valence-corrected chi connectivity index (χ2v) is 8.46. The van der Waals surface area contributed by atoms with Gasteiger partial charge in [-0.15, -0.1) is 0 Å². The summed E-state index contributed by atoms with van der Waals surface area (Å²) in [6.07, 6.45) is 7.29. The SMILES string of the molecule is CCSCCN(C(=O)c1c[nH]c2ccc(C)cc2c1=O)C1CCCCC1. The molecule has 1 N–H and O–H groups in total. The van der Waals surface area contributed by atoms with Gasteiger partial charge in [-0.05, 0) is 37.7 Å². The molecule has 1 aliphatic rings. The second kappa shape index (κ2) is 8.76. The quantitative estimate of drug-likeness (QED) is 0.766. The smallest absolute Gasteiger partial charge is 0.259 e. The third-order valence-electron chi connectivity index (χ3n) is 5.22. The summed E-state index contributed by atoms with van der Waals surface area (Å²) in [4.78, 5) is 31.4. The fourth-order valence-electron chi connectivity index (χ4n) is 3.80. The Kier molecular flexibility index (Phi) is 6.41. The Morgan fingerprint density at radius 2 is 2.04 bits per heavy atom. The zero-order valence-electron chi connectivity index (χ0n) is 15.7. The molecule has 1 saturated carbocycles. The minimum atomic E-state index is -0.156. The number of carbonyl (C=O) groups excluding carboxylic acids is 1. The molecule has 26 heavy (non-hydrogen) atoms. The van der Waals surface area contributed by atoms with E-state index in [1.807, 2.05) is 41.8 Å². The number of aryl methyl sites for hydroxylation is 1. The van der Waals surface area contributed by atoms with Gasteiger partial charge in [0.15, 0.2) is 0 Å². The number of hydrogen-bond donors (Lipinski definition) is 1. The number of aromatic amines is 1. The number of nitrogens with one attached hydrogen (secondary N) is 1. The summed E-state index contributed by atoms with van der Waals surface area (Å²) in [5.41, 5.74) is 1.92. The molecule has 1 heterocycles. The Balaban J connectivity index is 1.93. The lowest BCUT2D eigenvalue weighted by atomic mass is 9.93. The maximum Gasteiger partial charge on any atom is 0.259 e. The average Bonchev–Trinajstić information content (AvgIpc) is 2.66. The number of nitrogens with zero attached hydrogens (tertiary/aromatic N) is 1. The van der Waals surface area contributed by atoms with Crippen LogP contribution in [0.1, 0.15) is 54.9 Å². The van der Waals surface area contributed by atoms with Crippen molar-refractivity contribution in [1.82, 2.24) is 9.88 Å². The summed E-state index contributed by atoms with van der Waals surface area (Å²) >= 11 is 1.84. The molecule has 0 atom stereocenters. The highest BCUT2D eigenvalue weighted by atomic mass is 32.2. The van der Waals surface area contributed by atoms with Crippen LogP contribution >= 0.6 is 11.8 Å². The Hall–Kier alpha value is -1.75. The van der Waals surface area contributed by atoms with Crippen LogP contribution < -0.4 is 5.43 Å². The number of carbonyl (C=O) groups is 1. The summed E-state index contributed by atoms with van der Waals surface area (Å²) in [6, 6.07) is 6.00. The summed E-state index contributed by atoms with van der Waals surface area (Å²) in [7, 11) is 0. The number of aromatic nitrogens is 1. The summed E-state index contributed by atoms with van der Waals surface area (Å²) < 4.78 is 0. The van der Waals surface area contributed by atoms with Gasteiger partial charge in [-0.3, -0.25) is 9.59 Å². The molecule has 1 aliphatic carbocycles. The van der Waals surface area contributed by atoms with Gasteiger partial charge in [0.25, 0.3) is 5.91 Å². The van der Waals surface area contributed by atoms with Crippen LogP contribution in [0.5, 0.6) is 0 Å². The van der Waals surface area contributed by atoms with Crippen molar-refractivity contribution < 1.29 is 4.79 Å². The molecule has 2 aromatic rings. The number of rotatable bonds is 6. The third kappa shape index (κ3) is 4.14. The van der Waals surface area contributed by atoms with Crippen LogP contribution in [0.2, 0.25) is 0 Å². The van der Waals surface area contributed by atoms with Gasteiger partial charge in [0.2, 0.25) is 5.43 Å². The van der Waals surface area contributed by atoms with E-state index >= 15 is 0 Å². The van der Waals surface area contributed by atoms with Crippen molar-refractivity contribution in [1.29, 1.82) is 0 Å². The monoisotopic (exact) mass is 372 g/mol. The molecule has 3 rings (SSSR count). The number of amides is 1. The van der Waals surface area contributed by atoms with Gasteiger partial charge in [0, 0.05) is 35.4 Å². The molecule has 0 spiro atoms. The van der Waals surface area contributed by atoms with Crippen LogP contribution in [0.3, 0.4) is 0 Å². The molecule has 0 saturated heterocycles. The van der Waals surface area contributed by atoms with Gasteiger partial charge >= 0.3 is 0 Å². The summed E-state index contributed by atoms with van der Waals surface area (Å²) in [5, 5.41) is 0.599. The van der Waals surface area contributed by atoms with Crippen LogP contribution in [0.25, 0.3) is 10.9 Å². The van der Waals surface area contributed by atoms with Crippen molar-refractivity contribution in [3.05, 3.63) is 45.7 Å². The van der Waals surface area contributed by atoms with E-state index in [0.717, 1.165) is 35.4 Å². The van der Waals surface area contributed by atoms with E-state index < -0.39 is 0 Å². The number of fused-ring (bicyclic) bond motifs is 1. The Morgan fingerprint density at radius 3 is 2.77 bits per heavy atom. The topological polar surface area (TPSA) is 53.2 Å². The molecule has 1 aromatic carbocycles. The Labute approximate surface area is 159 Å². The van der Waals surface area contributed by atoms with E-state index in [4.69, 9.17) is 0 Å². The van der Waals surface area contributed by atoms with Crippen molar-refractivity contribution >= 4 is 28.6 Å². The summed E-state index contributed by atoms with van der Waals surface area (Å²) in [6.45, 7) is 4.81. The highest BCUT2D eigenvalue weighted by molar-refractivity contribution is 7.99. The van der Waals surface area contributed by atoms with E-state index in [-0.39, 0.29) is 22.9 Å². The first-order chi connectivity index (χ1) is 12.6. The fourth-order valence-corrected chi connectivity index (χ4v) is 4.41. The number of benzene rings is 1. The van der Waals surface area contributed by atoms with Gasteiger partial charge in [-0.1, -0.05) is 37.8 Å². The standard InChI is InChI=1S/C21H28N2O2S/c1-3-26-12-11-23(16-7-5-4-6-8-16)21(25)18-14-22-19-10-9-15(2)13-17(19)20(18)24/h9-10,13-14,16H,3-8,11-12H2,1-2H3,(H,22,24). The molecule has 0 aliphatic heterocycles.